The Morgan fingerprint density at radius 2 is 2.30 bits per heavy atom. The van der Waals surface area contributed by atoms with E-state index in [9.17, 15) is 8.42 Å². The zero-order valence-corrected chi connectivity index (χ0v) is 14.0. The Morgan fingerprint density at radius 1 is 1.50 bits per heavy atom. The summed E-state index contributed by atoms with van der Waals surface area (Å²) in [7, 11) is -3.25. The third-order valence-corrected chi connectivity index (χ3v) is 6.42. The van der Waals surface area contributed by atoms with Gasteiger partial charge in [0, 0.05) is 10.9 Å². The van der Waals surface area contributed by atoms with Gasteiger partial charge in [-0.15, -0.1) is 11.3 Å². The fourth-order valence-corrected chi connectivity index (χ4v) is 4.93. The molecular formula is C13H21ClN2O2S2. The number of thiophene rings is 1. The summed E-state index contributed by atoms with van der Waals surface area (Å²) in [6, 6.07) is 3.77. The molecule has 0 radical (unpaired) electrons. The first-order valence-corrected chi connectivity index (χ1v) is 9.79. The Bertz CT molecular complexity index is 524. The molecule has 0 aromatic carbocycles. The van der Waals surface area contributed by atoms with Crippen LogP contribution in [-0.4, -0.2) is 26.8 Å². The van der Waals surface area contributed by atoms with Crippen LogP contribution in [0, 0.1) is 0 Å². The van der Waals surface area contributed by atoms with Gasteiger partial charge in [-0.05, 0) is 44.9 Å². The molecular weight excluding hydrogens is 316 g/mol. The monoisotopic (exact) mass is 336 g/mol. The van der Waals surface area contributed by atoms with Gasteiger partial charge in [0.2, 0.25) is 10.0 Å². The van der Waals surface area contributed by atoms with Gasteiger partial charge < -0.3 is 5.32 Å². The van der Waals surface area contributed by atoms with Crippen molar-refractivity contribution in [2.75, 3.05) is 12.3 Å². The highest BCUT2D eigenvalue weighted by Gasteiger charge is 2.20. The van der Waals surface area contributed by atoms with Crippen molar-refractivity contribution >= 4 is 33.0 Å². The molecule has 1 fully saturated rings. The Morgan fingerprint density at radius 3 is 2.90 bits per heavy atom. The fraction of sp³-hybridized carbons (Fsp3) is 0.692. The van der Waals surface area contributed by atoms with Crippen LogP contribution in [0.2, 0.25) is 4.34 Å². The number of rotatable bonds is 6. The SMILES string of the molecule is CC(NS(=O)(=O)CCC1CCCCN1)c1ccc(Cl)s1. The normalized spacial score (nSPS) is 21.8. The Labute approximate surface area is 130 Å². The van der Waals surface area contributed by atoms with Crippen LogP contribution in [0.5, 0.6) is 0 Å². The molecule has 1 saturated heterocycles. The number of halogens is 1. The Balaban J connectivity index is 1.83. The maximum absolute atomic E-state index is 12.1. The summed E-state index contributed by atoms with van der Waals surface area (Å²) in [6.07, 6.45) is 4.13. The van der Waals surface area contributed by atoms with Crippen molar-refractivity contribution < 1.29 is 8.42 Å². The quantitative estimate of drug-likeness (QED) is 0.839. The summed E-state index contributed by atoms with van der Waals surface area (Å²) in [5, 5.41) is 3.37. The summed E-state index contributed by atoms with van der Waals surface area (Å²) in [4.78, 5) is 0.939. The van der Waals surface area contributed by atoms with Crippen LogP contribution >= 0.6 is 22.9 Å². The lowest BCUT2D eigenvalue weighted by molar-refractivity contribution is 0.392. The maximum atomic E-state index is 12.1. The van der Waals surface area contributed by atoms with E-state index in [0.29, 0.717) is 16.8 Å². The minimum absolute atomic E-state index is 0.175. The highest BCUT2D eigenvalue weighted by Crippen LogP contribution is 2.27. The van der Waals surface area contributed by atoms with Crippen molar-refractivity contribution in [1.29, 1.82) is 0 Å². The molecule has 2 atom stereocenters. The second-order valence-corrected chi connectivity index (χ2v) is 8.86. The maximum Gasteiger partial charge on any atom is 0.212 e. The predicted molar refractivity (Wildman–Crippen MR) is 84.9 cm³/mol. The summed E-state index contributed by atoms with van der Waals surface area (Å²) >= 11 is 7.28. The average Bonchev–Trinajstić information content (AvgIpc) is 2.84. The van der Waals surface area contributed by atoms with E-state index in [4.69, 9.17) is 11.6 Å². The Hall–Kier alpha value is -0.140. The van der Waals surface area contributed by atoms with Crippen molar-refractivity contribution in [2.45, 2.75) is 44.7 Å². The molecule has 1 aromatic rings. The van der Waals surface area contributed by atoms with E-state index in [1.54, 1.807) is 6.07 Å². The molecule has 1 aliphatic heterocycles. The van der Waals surface area contributed by atoms with Gasteiger partial charge in [-0.1, -0.05) is 18.0 Å². The van der Waals surface area contributed by atoms with Gasteiger partial charge in [-0.3, -0.25) is 0 Å². The third kappa shape index (κ3) is 5.00. The summed E-state index contributed by atoms with van der Waals surface area (Å²) < 4.78 is 27.6. The van der Waals surface area contributed by atoms with E-state index in [2.05, 4.69) is 10.0 Å². The lowest BCUT2D eigenvalue weighted by Crippen LogP contribution is -2.37. The minimum Gasteiger partial charge on any atom is -0.314 e. The van der Waals surface area contributed by atoms with Crippen molar-refractivity contribution in [3.63, 3.8) is 0 Å². The van der Waals surface area contributed by atoms with E-state index in [0.717, 1.165) is 17.8 Å². The van der Waals surface area contributed by atoms with Crippen molar-refractivity contribution in [2.24, 2.45) is 0 Å². The topological polar surface area (TPSA) is 58.2 Å². The van der Waals surface area contributed by atoms with Crippen LogP contribution in [0.3, 0.4) is 0 Å². The van der Waals surface area contributed by atoms with Crippen molar-refractivity contribution in [3.8, 4) is 0 Å². The molecule has 20 heavy (non-hydrogen) atoms. The van der Waals surface area contributed by atoms with E-state index >= 15 is 0 Å². The molecule has 1 aliphatic rings. The van der Waals surface area contributed by atoms with Gasteiger partial charge >= 0.3 is 0 Å². The van der Waals surface area contributed by atoms with Crippen LogP contribution < -0.4 is 10.0 Å². The number of hydrogen-bond donors (Lipinski definition) is 2. The van der Waals surface area contributed by atoms with Crippen LogP contribution in [-0.2, 0) is 10.0 Å². The lowest BCUT2D eigenvalue weighted by Gasteiger charge is -2.23. The molecule has 4 nitrogen and oxygen atoms in total. The smallest absolute Gasteiger partial charge is 0.212 e. The highest BCUT2D eigenvalue weighted by molar-refractivity contribution is 7.89. The molecule has 1 aromatic heterocycles. The van der Waals surface area contributed by atoms with Crippen molar-refractivity contribution in [1.82, 2.24) is 10.0 Å². The summed E-state index contributed by atoms with van der Waals surface area (Å²) in [5.74, 6) is 0.175. The first-order chi connectivity index (χ1) is 9.46. The largest absolute Gasteiger partial charge is 0.314 e. The molecule has 2 N–H and O–H groups in total. The first kappa shape index (κ1) is 16.2. The molecule has 0 saturated carbocycles. The van der Waals surface area contributed by atoms with Gasteiger partial charge in [0.05, 0.1) is 16.1 Å². The molecule has 2 rings (SSSR count). The molecule has 0 aliphatic carbocycles. The molecule has 0 spiro atoms. The standard InChI is InChI=1S/C13H21ClN2O2S2/c1-10(12-5-6-13(14)19-12)16-20(17,18)9-7-11-4-2-3-8-15-11/h5-6,10-11,15-16H,2-4,7-9H2,1H3. The number of piperidine rings is 1. The zero-order valence-electron chi connectivity index (χ0n) is 11.6. The van der Waals surface area contributed by atoms with Crippen LogP contribution in [0.15, 0.2) is 12.1 Å². The first-order valence-electron chi connectivity index (χ1n) is 6.95. The summed E-state index contributed by atoms with van der Waals surface area (Å²) in [6.45, 7) is 2.85. The molecule has 114 valence electrons. The van der Waals surface area contributed by atoms with Gasteiger partial charge in [-0.2, -0.15) is 0 Å². The zero-order chi connectivity index (χ0) is 14.6. The molecule has 0 amide bonds. The Kier molecular flexibility index (Phi) is 5.86. The van der Waals surface area contributed by atoms with Crippen LogP contribution in [0.4, 0.5) is 0 Å². The van der Waals surface area contributed by atoms with Gasteiger partial charge in [-0.25, -0.2) is 13.1 Å². The molecule has 2 heterocycles. The van der Waals surface area contributed by atoms with E-state index in [1.165, 1.54) is 24.2 Å². The van der Waals surface area contributed by atoms with Crippen LogP contribution in [0.25, 0.3) is 0 Å². The van der Waals surface area contributed by atoms with Crippen LogP contribution in [0.1, 0.15) is 43.5 Å². The molecule has 2 unspecified atom stereocenters. The predicted octanol–water partition coefficient (Wildman–Crippen LogP) is 2.91. The van der Waals surface area contributed by atoms with Gasteiger partial charge in [0.25, 0.3) is 0 Å². The molecule has 7 heteroatoms. The second kappa shape index (κ2) is 7.22. The highest BCUT2D eigenvalue weighted by atomic mass is 35.5. The average molecular weight is 337 g/mol. The van der Waals surface area contributed by atoms with E-state index in [1.807, 2.05) is 13.0 Å². The third-order valence-electron chi connectivity index (χ3n) is 3.52. The van der Waals surface area contributed by atoms with E-state index in [-0.39, 0.29) is 11.8 Å². The minimum atomic E-state index is -3.25. The number of sulfonamides is 1. The van der Waals surface area contributed by atoms with Gasteiger partial charge in [0.15, 0.2) is 0 Å². The lowest BCUT2D eigenvalue weighted by atomic mass is 10.0. The molecule has 0 bridgehead atoms. The number of hydrogen-bond acceptors (Lipinski definition) is 4. The fourth-order valence-electron chi connectivity index (χ4n) is 2.42. The van der Waals surface area contributed by atoms with E-state index < -0.39 is 10.0 Å². The summed E-state index contributed by atoms with van der Waals surface area (Å²) in [5.41, 5.74) is 0. The second-order valence-electron chi connectivity index (χ2n) is 5.24. The van der Waals surface area contributed by atoms with Crippen molar-refractivity contribution in [3.05, 3.63) is 21.3 Å². The number of nitrogens with one attached hydrogen (secondary N) is 2. The van der Waals surface area contributed by atoms with Gasteiger partial charge in [0.1, 0.15) is 0 Å².